The summed E-state index contributed by atoms with van der Waals surface area (Å²) in [5.41, 5.74) is -1.07. The molecule has 236 valence electrons. The van der Waals surface area contributed by atoms with Crippen LogP contribution in [0.15, 0.2) is 55.6 Å². The Labute approximate surface area is 257 Å². The van der Waals surface area contributed by atoms with E-state index in [1.54, 1.807) is 22.0 Å². The SMILES string of the molecule is C=CCN(CCC)C(=O)[C@@H]1[C@@H]2CCC3(O2)C(C(=O)N(CC=C)C(C)(C)CC(C)(C)C)N([C@H](CO)c2ccccc2)C(=O)[C@H]13. The lowest BCUT2D eigenvalue weighted by Crippen LogP contribution is -2.61. The van der Waals surface area contributed by atoms with Gasteiger partial charge in [0.15, 0.2) is 0 Å². The zero-order valence-electron chi connectivity index (χ0n) is 26.9. The number of carbonyl (C=O) groups excluding carboxylic acids is 3. The molecule has 3 aliphatic heterocycles. The molecule has 0 saturated carbocycles. The molecule has 2 unspecified atom stereocenters. The van der Waals surface area contributed by atoms with E-state index in [-0.39, 0.29) is 29.7 Å². The summed E-state index contributed by atoms with van der Waals surface area (Å²) in [5.74, 6) is -2.17. The lowest BCUT2D eigenvalue weighted by atomic mass is 9.70. The van der Waals surface area contributed by atoms with Crippen molar-refractivity contribution < 1.29 is 24.2 Å². The second-order valence-electron chi connectivity index (χ2n) is 14.3. The van der Waals surface area contributed by atoms with Crippen LogP contribution in [0.5, 0.6) is 0 Å². The summed E-state index contributed by atoms with van der Waals surface area (Å²) < 4.78 is 6.74. The normalized spacial score (nSPS) is 27.1. The molecule has 1 aromatic carbocycles. The van der Waals surface area contributed by atoms with Crippen molar-refractivity contribution in [3.05, 3.63) is 61.2 Å². The van der Waals surface area contributed by atoms with Gasteiger partial charge in [-0.1, -0.05) is 70.2 Å². The Hall–Kier alpha value is -2.97. The average molecular weight is 594 g/mol. The summed E-state index contributed by atoms with van der Waals surface area (Å²) in [6.07, 6.45) is 5.56. The van der Waals surface area contributed by atoms with Gasteiger partial charge in [0.1, 0.15) is 11.6 Å². The van der Waals surface area contributed by atoms with Crippen LogP contribution >= 0.6 is 0 Å². The summed E-state index contributed by atoms with van der Waals surface area (Å²) >= 11 is 0. The number of ether oxygens (including phenoxy) is 1. The zero-order chi connectivity index (χ0) is 31.7. The molecule has 3 saturated heterocycles. The molecule has 0 aliphatic carbocycles. The molecule has 4 rings (SSSR count). The monoisotopic (exact) mass is 593 g/mol. The first kappa shape index (κ1) is 32.9. The molecule has 3 heterocycles. The van der Waals surface area contributed by atoms with E-state index in [0.717, 1.165) is 18.4 Å². The van der Waals surface area contributed by atoms with Gasteiger partial charge in [0.2, 0.25) is 17.7 Å². The largest absolute Gasteiger partial charge is 0.394 e. The molecule has 1 aromatic rings. The van der Waals surface area contributed by atoms with Crippen LogP contribution in [0.4, 0.5) is 0 Å². The summed E-state index contributed by atoms with van der Waals surface area (Å²) in [6, 6.07) is 7.55. The third-order valence-corrected chi connectivity index (χ3v) is 9.38. The highest BCUT2D eigenvalue weighted by Crippen LogP contribution is 2.60. The maximum Gasteiger partial charge on any atom is 0.249 e. The Morgan fingerprint density at radius 1 is 1.12 bits per heavy atom. The fourth-order valence-electron chi connectivity index (χ4n) is 8.25. The van der Waals surface area contributed by atoms with Crippen LogP contribution in [0.25, 0.3) is 0 Å². The van der Waals surface area contributed by atoms with Gasteiger partial charge in [-0.25, -0.2) is 0 Å². The molecule has 1 spiro atoms. The van der Waals surface area contributed by atoms with Crippen molar-refractivity contribution in [2.75, 3.05) is 26.2 Å². The number of rotatable bonds is 13. The second-order valence-corrected chi connectivity index (χ2v) is 14.3. The fourth-order valence-corrected chi connectivity index (χ4v) is 8.25. The first-order chi connectivity index (χ1) is 20.3. The van der Waals surface area contributed by atoms with Crippen molar-refractivity contribution in [1.82, 2.24) is 14.7 Å². The molecule has 43 heavy (non-hydrogen) atoms. The Balaban J connectivity index is 1.86. The minimum Gasteiger partial charge on any atom is -0.394 e. The Kier molecular flexibility index (Phi) is 9.62. The number of fused-ring (bicyclic) bond motifs is 1. The van der Waals surface area contributed by atoms with Gasteiger partial charge < -0.3 is 24.5 Å². The van der Waals surface area contributed by atoms with Crippen LogP contribution in [-0.2, 0) is 19.1 Å². The van der Waals surface area contributed by atoms with Gasteiger partial charge in [-0.3, -0.25) is 14.4 Å². The van der Waals surface area contributed by atoms with Crippen molar-refractivity contribution in [1.29, 1.82) is 0 Å². The van der Waals surface area contributed by atoms with Crippen LogP contribution in [-0.4, -0.2) is 87.1 Å². The molecule has 0 radical (unpaired) electrons. The molecule has 0 aromatic heterocycles. The number of hydrogen-bond acceptors (Lipinski definition) is 5. The van der Waals surface area contributed by atoms with Gasteiger partial charge in [0.05, 0.1) is 30.6 Å². The molecular weight excluding hydrogens is 542 g/mol. The van der Waals surface area contributed by atoms with Crippen molar-refractivity contribution in [2.24, 2.45) is 17.3 Å². The number of likely N-dealkylation sites (tertiary alicyclic amines) is 1. The summed E-state index contributed by atoms with van der Waals surface area (Å²) in [5, 5.41) is 10.8. The van der Waals surface area contributed by atoms with E-state index in [4.69, 9.17) is 4.74 Å². The van der Waals surface area contributed by atoms with E-state index in [9.17, 15) is 14.7 Å². The quantitative estimate of drug-likeness (QED) is 0.334. The van der Waals surface area contributed by atoms with Gasteiger partial charge in [-0.05, 0) is 50.5 Å². The van der Waals surface area contributed by atoms with E-state index < -0.39 is 41.2 Å². The molecule has 3 fully saturated rings. The van der Waals surface area contributed by atoms with Crippen molar-refractivity contribution in [3.8, 4) is 0 Å². The molecule has 2 bridgehead atoms. The summed E-state index contributed by atoms with van der Waals surface area (Å²) in [6.45, 7) is 21.2. The zero-order valence-corrected chi connectivity index (χ0v) is 26.9. The molecule has 8 heteroatoms. The van der Waals surface area contributed by atoms with Crippen LogP contribution in [0.3, 0.4) is 0 Å². The van der Waals surface area contributed by atoms with E-state index in [1.165, 1.54) is 0 Å². The van der Waals surface area contributed by atoms with E-state index in [0.29, 0.717) is 32.5 Å². The Bertz CT molecular complexity index is 1210. The highest BCUT2D eigenvalue weighted by Gasteiger charge is 2.75. The van der Waals surface area contributed by atoms with Gasteiger partial charge in [0, 0.05) is 25.2 Å². The Morgan fingerprint density at radius 2 is 1.77 bits per heavy atom. The van der Waals surface area contributed by atoms with Crippen LogP contribution < -0.4 is 0 Å². The number of amides is 3. The van der Waals surface area contributed by atoms with Gasteiger partial charge in [-0.15, -0.1) is 13.2 Å². The first-order valence-corrected chi connectivity index (χ1v) is 15.8. The number of aliphatic hydroxyl groups excluding tert-OH is 1. The van der Waals surface area contributed by atoms with E-state index in [1.807, 2.05) is 56.0 Å². The number of carbonyl (C=O) groups is 3. The lowest BCUT2D eigenvalue weighted by molar-refractivity contribution is -0.156. The van der Waals surface area contributed by atoms with Crippen molar-refractivity contribution >= 4 is 17.7 Å². The van der Waals surface area contributed by atoms with Crippen LogP contribution in [0.1, 0.15) is 78.8 Å². The molecule has 1 N–H and O–H groups in total. The van der Waals surface area contributed by atoms with Crippen molar-refractivity contribution in [3.63, 3.8) is 0 Å². The highest BCUT2D eigenvalue weighted by molar-refractivity contribution is 5.99. The maximum absolute atomic E-state index is 15.0. The third kappa shape index (κ3) is 5.93. The lowest BCUT2D eigenvalue weighted by Gasteiger charge is -2.46. The molecule has 8 nitrogen and oxygen atoms in total. The predicted octanol–water partition coefficient (Wildman–Crippen LogP) is 4.75. The van der Waals surface area contributed by atoms with Gasteiger partial charge in [-0.2, -0.15) is 0 Å². The Morgan fingerprint density at radius 3 is 2.33 bits per heavy atom. The van der Waals surface area contributed by atoms with Crippen LogP contribution in [0, 0.1) is 17.3 Å². The smallest absolute Gasteiger partial charge is 0.249 e. The van der Waals surface area contributed by atoms with Gasteiger partial charge in [0.25, 0.3) is 0 Å². The number of hydrogen-bond donors (Lipinski definition) is 1. The second kappa shape index (κ2) is 12.6. The minimum atomic E-state index is -1.16. The fraction of sp³-hybridized carbons (Fsp3) is 0.629. The summed E-state index contributed by atoms with van der Waals surface area (Å²) in [4.78, 5) is 49.0. The van der Waals surface area contributed by atoms with Gasteiger partial charge >= 0.3 is 0 Å². The molecule has 3 aliphatic rings. The highest BCUT2D eigenvalue weighted by atomic mass is 16.5. The number of benzene rings is 1. The standard InChI is InChI=1S/C35H51N3O5/c1-9-19-36(20-10-2)30(40)27-26-17-18-35(43-26)28(27)31(41)38(25(22-39)24-15-13-12-14-16-24)29(35)32(42)37(21-11-3)34(7,8)23-33(4,5)6/h9,11-16,25-29,39H,1,3,10,17-23H2,2,4-8H3/t25-,26+,27-,28+,29?,35?/m1/s1. The third-order valence-electron chi connectivity index (χ3n) is 9.38. The molecule has 6 atom stereocenters. The van der Waals surface area contributed by atoms with Crippen LogP contribution in [0.2, 0.25) is 0 Å². The summed E-state index contributed by atoms with van der Waals surface area (Å²) in [7, 11) is 0. The number of aliphatic hydroxyl groups is 1. The van der Waals surface area contributed by atoms with Crippen molar-refractivity contribution in [2.45, 2.75) is 96.6 Å². The predicted molar refractivity (Wildman–Crippen MR) is 168 cm³/mol. The molecule has 3 amide bonds. The first-order valence-electron chi connectivity index (χ1n) is 15.8. The molecular formula is C35H51N3O5. The average Bonchev–Trinajstić information content (AvgIpc) is 3.58. The topological polar surface area (TPSA) is 90.4 Å². The number of nitrogens with zero attached hydrogens (tertiary/aromatic N) is 3. The van der Waals surface area contributed by atoms with E-state index >= 15 is 4.79 Å². The van der Waals surface area contributed by atoms with E-state index in [2.05, 4.69) is 33.9 Å². The minimum absolute atomic E-state index is 0.0689. The maximum atomic E-state index is 15.0.